The fourth-order valence-electron chi connectivity index (χ4n) is 2.54. The third-order valence-electron chi connectivity index (χ3n) is 3.72. The van der Waals surface area contributed by atoms with Crippen molar-refractivity contribution in [2.75, 3.05) is 6.26 Å². The zero-order valence-electron chi connectivity index (χ0n) is 14.4. The van der Waals surface area contributed by atoms with E-state index in [9.17, 15) is 18.0 Å². The average Bonchev–Trinajstić information content (AvgIpc) is 2.89. The Kier molecular flexibility index (Phi) is 4.90. The number of halogens is 1. The minimum atomic E-state index is -3.67. The second-order valence-corrected chi connectivity index (χ2v) is 8.05. The Hall–Kier alpha value is -2.91. The van der Waals surface area contributed by atoms with Crippen LogP contribution in [0.25, 0.3) is 16.9 Å². The number of sulfonamides is 1. The number of rotatable bonds is 4. The zero-order valence-corrected chi connectivity index (χ0v) is 15.9. The Bertz CT molecular complexity index is 1160. The van der Waals surface area contributed by atoms with E-state index in [2.05, 4.69) is 10.1 Å². The highest BCUT2D eigenvalue weighted by Gasteiger charge is 2.16. The van der Waals surface area contributed by atoms with Crippen LogP contribution in [0.4, 0.5) is 0 Å². The van der Waals surface area contributed by atoms with Crippen molar-refractivity contribution in [2.45, 2.75) is 6.92 Å². The summed E-state index contributed by atoms with van der Waals surface area (Å²) in [4.78, 5) is 28.7. The average molecular weight is 407 g/mol. The van der Waals surface area contributed by atoms with Gasteiger partial charge in [-0.3, -0.25) is 14.7 Å². The van der Waals surface area contributed by atoms with Gasteiger partial charge in [-0.15, -0.1) is 0 Å². The Balaban J connectivity index is 1.96. The fourth-order valence-corrected chi connectivity index (χ4v) is 3.12. The topological polar surface area (TPSA) is 114 Å². The van der Waals surface area contributed by atoms with Gasteiger partial charge in [0, 0.05) is 16.9 Å². The lowest BCUT2D eigenvalue weighted by Gasteiger charge is -2.04. The number of carbonyl (C=O) groups excluding carboxylic acids is 1. The number of pyridine rings is 1. The van der Waals surface area contributed by atoms with Gasteiger partial charge in [0.1, 0.15) is 0 Å². The summed E-state index contributed by atoms with van der Waals surface area (Å²) < 4.78 is 25.4. The number of aromatic amines is 1. The van der Waals surface area contributed by atoms with E-state index in [1.54, 1.807) is 31.2 Å². The van der Waals surface area contributed by atoms with Crippen LogP contribution in [0.1, 0.15) is 16.1 Å². The molecule has 0 saturated carbocycles. The molecule has 0 unspecified atom stereocenters. The fraction of sp³-hybridized carbons (Fsp3) is 0.118. The quantitative estimate of drug-likeness (QED) is 0.686. The Morgan fingerprint density at radius 1 is 1.19 bits per heavy atom. The first-order valence-electron chi connectivity index (χ1n) is 7.72. The Morgan fingerprint density at radius 2 is 1.85 bits per heavy atom. The summed E-state index contributed by atoms with van der Waals surface area (Å²) in [6.07, 6.45) is 2.08. The van der Waals surface area contributed by atoms with E-state index >= 15 is 0 Å². The van der Waals surface area contributed by atoms with Crippen LogP contribution in [0, 0.1) is 6.92 Å². The number of amides is 1. The molecule has 2 N–H and O–H groups in total. The number of hydrogen-bond donors (Lipinski definition) is 2. The summed E-state index contributed by atoms with van der Waals surface area (Å²) in [5.74, 6) is -0.535. The molecule has 0 radical (unpaired) electrons. The van der Waals surface area contributed by atoms with Gasteiger partial charge in [-0.05, 0) is 36.8 Å². The lowest BCUT2D eigenvalue weighted by atomic mass is 10.1. The third kappa shape index (κ3) is 4.09. The molecule has 0 fully saturated rings. The molecule has 0 spiro atoms. The maximum absolute atomic E-state index is 12.8. The van der Waals surface area contributed by atoms with E-state index in [4.69, 9.17) is 11.6 Å². The molecule has 27 heavy (non-hydrogen) atoms. The first-order valence-corrected chi connectivity index (χ1v) is 9.99. The Labute approximate surface area is 159 Å². The minimum Gasteiger partial charge on any atom is -0.293 e. The zero-order chi connectivity index (χ0) is 19.8. The summed E-state index contributed by atoms with van der Waals surface area (Å²) in [5, 5.41) is 3.51. The van der Waals surface area contributed by atoms with Crippen molar-refractivity contribution in [1.82, 2.24) is 19.5 Å². The molecule has 3 rings (SSSR count). The van der Waals surface area contributed by atoms with Crippen LogP contribution in [-0.4, -0.2) is 35.3 Å². The molecule has 0 aliphatic rings. The van der Waals surface area contributed by atoms with Gasteiger partial charge >= 0.3 is 0 Å². The van der Waals surface area contributed by atoms with Crippen molar-refractivity contribution in [3.05, 3.63) is 69.2 Å². The summed E-state index contributed by atoms with van der Waals surface area (Å²) in [7, 11) is -3.67. The van der Waals surface area contributed by atoms with Crippen molar-refractivity contribution in [1.29, 1.82) is 0 Å². The summed E-state index contributed by atoms with van der Waals surface area (Å²) in [5.41, 5.74) is 1.57. The smallest absolute Gasteiger partial charge is 0.280 e. The first-order chi connectivity index (χ1) is 12.7. The van der Waals surface area contributed by atoms with Gasteiger partial charge in [-0.25, -0.2) is 22.8 Å². The molecule has 0 saturated heterocycles. The first kappa shape index (κ1) is 18.9. The Morgan fingerprint density at radius 3 is 2.41 bits per heavy atom. The molecule has 0 aliphatic carbocycles. The van der Waals surface area contributed by atoms with E-state index < -0.39 is 15.9 Å². The molecule has 140 valence electrons. The highest BCUT2D eigenvalue weighted by atomic mass is 35.5. The van der Waals surface area contributed by atoms with Gasteiger partial charge < -0.3 is 0 Å². The molecule has 1 aromatic carbocycles. The number of nitrogens with one attached hydrogen (secondary N) is 2. The maximum Gasteiger partial charge on any atom is 0.280 e. The van der Waals surface area contributed by atoms with E-state index in [0.717, 1.165) is 6.26 Å². The van der Waals surface area contributed by atoms with Crippen LogP contribution in [0.3, 0.4) is 0 Å². The lowest BCUT2D eigenvalue weighted by molar-refractivity contribution is 0.0981. The summed E-state index contributed by atoms with van der Waals surface area (Å²) in [6, 6.07) is 9.71. The van der Waals surface area contributed by atoms with Crippen molar-refractivity contribution < 1.29 is 13.2 Å². The molecule has 0 bridgehead atoms. The molecule has 0 aliphatic heterocycles. The van der Waals surface area contributed by atoms with E-state index in [-0.39, 0.29) is 16.9 Å². The highest BCUT2D eigenvalue weighted by molar-refractivity contribution is 7.89. The lowest BCUT2D eigenvalue weighted by Crippen LogP contribution is -2.29. The molecular formula is C17H15ClN4O4S. The summed E-state index contributed by atoms with van der Waals surface area (Å²) >= 11 is 5.89. The number of aryl methyl sites for hydroxylation is 1. The maximum atomic E-state index is 12.8. The molecule has 2 heterocycles. The van der Waals surface area contributed by atoms with Gasteiger partial charge in [0.25, 0.3) is 11.5 Å². The third-order valence-corrected chi connectivity index (χ3v) is 4.53. The van der Waals surface area contributed by atoms with Crippen LogP contribution < -0.4 is 10.3 Å². The SMILES string of the molecule is Cc1[nH]n(-c2ccc(C(=O)NS(C)(=O)=O)cn2)c(=O)c1-c1ccc(Cl)cc1. The molecular weight excluding hydrogens is 392 g/mol. The van der Waals surface area contributed by atoms with Crippen LogP contribution in [0.15, 0.2) is 47.4 Å². The van der Waals surface area contributed by atoms with Crippen LogP contribution in [-0.2, 0) is 10.0 Å². The number of benzene rings is 1. The van der Waals surface area contributed by atoms with Crippen molar-refractivity contribution in [2.24, 2.45) is 0 Å². The number of carbonyl (C=O) groups is 1. The van der Waals surface area contributed by atoms with Gasteiger partial charge in [0.2, 0.25) is 10.0 Å². The van der Waals surface area contributed by atoms with E-state index in [0.29, 0.717) is 21.8 Å². The predicted octanol–water partition coefficient (Wildman–Crippen LogP) is 1.88. The molecule has 2 aromatic heterocycles. The highest BCUT2D eigenvalue weighted by Crippen LogP contribution is 2.21. The second-order valence-electron chi connectivity index (χ2n) is 5.87. The van der Waals surface area contributed by atoms with E-state index in [1.807, 2.05) is 4.72 Å². The van der Waals surface area contributed by atoms with Crippen LogP contribution in [0.5, 0.6) is 0 Å². The van der Waals surface area contributed by atoms with Crippen molar-refractivity contribution >= 4 is 27.5 Å². The largest absolute Gasteiger partial charge is 0.293 e. The standard InChI is InChI=1S/C17H15ClN4O4S/c1-10-15(11-3-6-13(18)7-4-11)17(24)22(20-10)14-8-5-12(9-19-14)16(23)21-27(2,25)26/h3-9,20H,1-2H3,(H,21,23). The number of hydrogen-bond acceptors (Lipinski definition) is 5. The van der Waals surface area contributed by atoms with E-state index in [1.165, 1.54) is 23.0 Å². The molecule has 8 nitrogen and oxygen atoms in total. The number of nitrogens with zero attached hydrogens (tertiary/aromatic N) is 2. The van der Waals surface area contributed by atoms with Crippen molar-refractivity contribution in [3.8, 4) is 16.9 Å². The second kappa shape index (κ2) is 7.01. The van der Waals surface area contributed by atoms with Gasteiger partial charge in [0.15, 0.2) is 5.82 Å². The number of H-pyrrole nitrogens is 1. The van der Waals surface area contributed by atoms with Gasteiger partial charge in [-0.2, -0.15) is 0 Å². The van der Waals surface area contributed by atoms with Crippen LogP contribution in [0.2, 0.25) is 5.02 Å². The van der Waals surface area contributed by atoms with Crippen molar-refractivity contribution in [3.63, 3.8) is 0 Å². The molecule has 0 atom stereocenters. The molecule has 3 aromatic rings. The van der Waals surface area contributed by atoms with Gasteiger partial charge in [-0.1, -0.05) is 23.7 Å². The molecule has 10 heteroatoms. The number of aromatic nitrogens is 3. The van der Waals surface area contributed by atoms with Crippen LogP contribution >= 0.6 is 11.6 Å². The summed E-state index contributed by atoms with van der Waals surface area (Å²) in [6.45, 7) is 1.76. The minimum absolute atomic E-state index is 0.0541. The normalized spacial score (nSPS) is 11.4. The van der Waals surface area contributed by atoms with Gasteiger partial charge in [0.05, 0.1) is 17.4 Å². The molecule has 1 amide bonds. The predicted molar refractivity (Wildman–Crippen MR) is 102 cm³/mol. The monoisotopic (exact) mass is 406 g/mol.